The molecule has 0 heterocycles. The van der Waals surface area contributed by atoms with Crippen LogP contribution in [-0.4, -0.2) is 37.2 Å². The van der Waals surface area contributed by atoms with Crippen molar-refractivity contribution in [1.29, 1.82) is 0 Å². The van der Waals surface area contributed by atoms with E-state index in [1.54, 1.807) is 0 Å². The second-order valence-corrected chi connectivity index (χ2v) is 23.8. The van der Waals surface area contributed by atoms with Gasteiger partial charge in [-0.05, 0) is 77.0 Å². The van der Waals surface area contributed by atoms with Gasteiger partial charge in [0.1, 0.15) is 13.2 Å². The van der Waals surface area contributed by atoms with Gasteiger partial charge in [-0.15, -0.1) is 0 Å². The van der Waals surface area contributed by atoms with Crippen molar-refractivity contribution in [1.82, 2.24) is 0 Å². The minimum absolute atomic E-state index is 0.0698. The summed E-state index contributed by atoms with van der Waals surface area (Å²) in [6.07, 6.45) is 83.0. The van der Waals surface area contributed by atoms with Gasteiger partial charge in [-0.25, -0.2) is 0 Å². The van der Waals surface area contributed by atoms with Crippen molar-refractivity contribution in [2.75, 3.05) is 13.2 Å². The van der Waals surface area contributed by atoms with Gasteiger partial charge in [-0.1, -0.05) is 327 Å². The molecule has 0 aromatic rings. The zero-order chi connectivity index (χ0) is 56.4. The van der Waals surface area contributed by atoms with E-state index >= 15 is 0 Å². The van der Waals surface area contributed by atoms with E-state index in [9.17, 15) is 14.4 Å². The van der Waals surface area contributed by atoms with Gasteiger partial charge in [0.25, 0.3) is 0 Å². The molecule has 0 aliphatic carbocycles. The molecule has 78 heavy (non-hydrogen) atoms. The van der Waals surface area contributed by atoms with Gasteiger partial charge in [-0.2, -0.15) is 0 Å². The topological polar surface area (TPSA) is 78.9 Å². The van der Waals surface area contributed by atoms with Crippen LogP contribution >= 0.6 is 0 Å². The summed E-state index contributed by atoms with van der Waals surface area (Å²) >= 11 is 0. The Labute approximate surface area is 486 Å². The Morgan fingerprint density at radius 2 is 0.462 bits per heavy atom. The minimum Gasteiger partial charge on any atom is -0.462 e. The number of unbranched alkanes of at least 4 members (excludes halogenated alkanes) is 48. The zero-order valence-electron chi connectivity index (χ0n) is 52.7. The molecule has 0 rings (SSSR count). The van der Waals surface area contributed by atoms with Crippen LogP contribution in [0.15, 0.2) is 36.5 Å². The third-order valence-electron chi connectivity index (χ3n) is 15.9. The van der Waals surface area contributed by atoms with E-state index in [4.69, 9.17) is 14.2 Å². The number of hydrogen-bond donors (Lipinski definition) is 0. The largest absolute Gasteiger partial charge is 0.462 e. The number of carbonyl (C=O) groups excluding carboxylic acids is 3. The van der Waals surface area contributed by atoms with Crippen LogP contribution in [-0.2, 0) is 28.6 Å². The molecule has 458 valence electrons. The molecule has 1 atom stereocenters. The predicted octanol–water partition coefficient (Wildman–Crippen LogP) is 23.9. The van der Waals surface area contributed by atoms with Gasteiger partial charge in [0, 0.05) is 19.3 Å². The van der Waals surface area contributed by atoms with E-state index < -0.39 is 6.10 Å². The van der Waals surface area contributed by atoms with Crippen LogP contribution in [0, 0.1) is 0 Å². The second kappa shape index (κ2) is 67.1. The normalized spacial score (nSPS) is 12.2. The highest BCUT2D eigenvalue weighted by atomic mass is 16.6. The zero-order valence-corrected chi connectivity index (χ0v) is 52.7. The highest BCUT2D eigenvalue weighted by molar-refractivity contribution is 5.71. The molecule has 1 unspecified atom stereocenters. The summed E-state index contributed by atoms with van der Waals surface area (Å²) < 4.78 is 17.0. The first kappa shape index (κ1) is 75.6. The van der Waals surface area contributed by atoms with Gasteiger partial charge >= 0.3 is 17.9 Å². The Bertz CT molecular complexity index is 1300. The van der Waals surface area contributed by atoms with Gasteiger partial charge in [0.05, 0.1) is 0 Å². The maximum Gasteiger partial charge on any atom is 0.306 e. The van der Waals surface area contributed by atoms with Crippen molar-refractivity contribution in [3.8, 4) is 0 Å². The fourth-order valence-corrected chi connectivity index (χ4v) is 10.6. The van der Waals surface area contributed by atoms with Crippen LogP contribution in [0.4, 0.5) is 0 Å². The van der Waals surface area contributed by atoms with Crippen molar-refractivity contribution in [2.45, 2.75) is 393 Å². The maximum atomic E-state index is 13.0. The minimum atomic E-state index is -0.774. The molecule has 0 aliphatic heterocycles. The molecule has 0 radical (unpaired) electrons. The molecule has 0 fully saturated rings. The van der Waals surface area contributed by atoms with Crippen molar-refractivity contribution in [2.24, 2.45) is 0 Å². The lowest BCUT2D eigenvalue weighted by Crippen LogP contribution is -2.30. The maximum absolute atomic E-state index is 13.0. The summed E-state index contributed by atoms with van der Waals surface area (Å²) in [6.45, 7) is 6.70. The molecule has 0 bridgehead atoms. The van der Waals surface area contributed by atoms with Crippen LogP contribution < -0.4 is 0 Å². The fourth-order valence-electron chi connectivity index (χ4n) is 10.6. The Hall–Kier alpha value is -2.37. The lowest BCUT2D eigenvalue weighted by atomic mass is 10.0. The SMILES string of the molecule is CCCCCCC/C=C\C/C=C\CCCCCCCCCCCC(=O)OCC(COC(=O)CCCCCCCCCCC/C=C\CCCCCCCC)OC(=O)CCCCCCCCCCCCCCCCCCCCCC. The quantitative estimate of drug-likeness (QED) is 0.0261. The van der Waals surface area contributed by atoms with E-state index in [2.05, 4.69) is 57.2 Å². The first-order valence-electron chi connectivity index (χ1n) is 35.0. The van der Waals surface area contributed by atoms with Crippen molar-refractivity contribution < 1.29 is 28.6 Å². The number of esters is 3. The lowest BCUT2D eigenvalue weighted by molar-refractivity contribution is -0.167. The molecule has 0 spiro atoms. The monoisotopic (exact) mass is 1100 g/mol. The number of ether oxygens (including phenoxy) is 3. The average molecular weight is 1100 g/mol. The fraction of sp³-hybridized carbons (Fsp3) is 0.875. The van der Waals surface area contributed by atoms with Crippen molar-refractivity contribution in [3.05, 3.63) is 36.5 Å². The average Bonchev–Trinajstić information content (AvgIpc) is 3.44. The summed E-state index contributed by atoms with van der Waals surface area (Å²) in [5.74, 6) is -0.846. The molecule has 6 heteroatoms. The Morgan fingerprint density at radius 1 is 0.256 bits per heavy atom. The highest BCUT2D eigenvalue weighted by Gasteiger charge is 2.19. The van der Waals surface area contributed by atoms with E-state index in [1.807, 2.05) is 0 Å². The molecule has 0 amide bonds. The summed E-state index contributed by atoms with van der Waals surface area (Å²) in [5, 5.41) is 0. The molecule has 0 saturated carbocycles. The van der Waals surface area contributed by atoms with Crippen LogP contribution in [0.25, 0.3) is 0 Å². The second-order valence-electron chi connectivity index (χ2n) is 23.8. The van der Waals surface area contributed by atoms with Gasteiger partial charge < -0.3 is 14.2 Å². The lowest BCUT2D eigenvalue weighted by Gasteiger charge is -2.18. The van der Waals surface area contributed by atoms with Crippen LogP contribution in [0.3, 0.4) is 0 Å². The van der Waals surface area contributed by atoms with E-state index in [0.717, 1.165) is 64.2 Å². The van der Waals surface area contributed by atoms with Crippen LogP contribution in [0.1, 0.15) is 387 Å². The van der Waals surface area contributed by atoms with E-state index in [1.165, 1.54) is 283 Å². The van der Waals surface area contributed by atoms with Gasteiger partial charge in [-0.3, -0.25) is 14.4 Å². The Balaban J connectivity index is 4.33. The number of carbonyl (C=O) groups is 3. The highest BCUT2D eigenvalue weighted by Crippen LogP contribution is 2.18. The molecule has 0 N–H and O–H groups in total. The van der Waals surface area contributed by atoms with Gasteiger partial charge in [0.2, 0.25) is 0 Å². The number of allylic oxidation sites excluding steroid dienone is 6. The van der Waals surface area contributed by atoms with Gasteiger partial charge in [0.15, 0.2) is 6.10 Å². The molecule has 6 nitrogen and oxygen atoms in total. The standard InChI is InChI=1S/C72H134O6/c1-4-7-10-13-16-19-22-25-28-31-34-36-39-41-44-47-50-53-56-59-62-65-71(74)77-68-69(67-76-70(73)64-61-58-55-52-49-46-43-40-37-33-30-27-24-21-18-15-12-9-6-3)78-72(75)66-63-60-57-54-51-48-45-42-38-35-32-29-26-23-20-17-14-11-8-5-2/h22,25,27,30-31,34,69H,4-21,23-24,26,28-29,32-33,35-68H2,1-3H3/b25-22-,30-27-,34-31-. The summed E-state index contributed by atoms with van der Waals surface area (Å²) in [5.41, 5.74) is 0. The summed E-state index contributed by atoms with van der Waals surface area (Å²) in [4.78, 5) is 38.5. The van der Waals surface area contributed by atoms with Crippen LogP contribution in [0.2, 0.25) is 0 Å². The van der Waals surface area contributed by atoms with E-state index in [0.29, 0.717) is 19.3 Å². The molecular formula is C72H134O6. The third kappa shape index (κ3) is 64.5. The molecule has 0 aromatic carbocycles. The third-order valence-corrected chi connectivity index (χ3v) is 15.9. The number of hydrogen-bond acceptors (Lipinski definition) is 6. The van der Waals surface area contributed by atoms with Crippen molar-refractivity contribution >= 4 is 17.9 Å². The smallest absolute Gasteiger partial charge is 0.306 e. The Kier molecular flexibility index (Phi) is 65.1. The first-order chi connectivity index (χ1) is 38.5. The molecule has 0 aromatic heterocycles. The predicted molar refractivity (Wildman–Crippen MR) is 339 cm³/mol. The van der Waals surface area contributed by atoms with E-state index in [-0.39, 0.29) is 31.1 Å². The number of rotatable bonds is 65. The summed E-state index contributed by atoms with van der Waals surface area (Å²) in [7, 11) is 0. The Morgan fingerprint density at radius 3 is 0.718 bits per heavy atom. The summed E-state index contributed by atoms with van der Waals surface area (Å²) in [6, 6.07) is 0. The molecule has 0 saturated heterocycles. The van der Waals surface area contributed by atoms with Crippen molar-refractivity contribution in [3.63, 3.8) is 0 Å². The molecule has 0 aliphatic rings. The first-order valence-corrected chi connectivity index (χ1v) is 35.0. The molecular weight excluding hydrogens is 961 g/mol. The van der Waals surface area contributed by atoms with Crippen LogP contribution in [0.5, 0.6) is 0 Å².